The van der Waals surface area contributed by atoms with Gasteiger partial charge in [-0.3, -0.25) is 9.59 Å². The Morgan fingerprint density at radius 2 is 2.11 bits per heavy atom. The number of aromatic hydroxyl groups is 1. The van der Waals surface area contributed by atoms with Crippen LogP contribution >= 0.6 is 0 Å². The summed E-state index contributed by atoms with van der Waals surface area (Å²) in [6, 6.07) is 3.83. The molecule has 1 atom stereocenters. The molecule has 0 heterocycles. The molecule has 0 fully saturated rings. The first-order chi connectivity index (χ1) is 8.40. The van der Waals surface area contributed by atoms with Crippen LogP contribution in [0.15, 0.2) is 18.2 Å². The van der Waals surface area contributed by atoms with Crippen molar-refractivity contribution in [2.45, 2.75) is 25.8 Å². The summed E-state index contributed by atoms with van der Waals surface area (Å²) >= 11 is 0. The summed E-state index contributed by atoms with van der Waals surface area (Å²) < 4.78 is 0. The third-order valence-corrected chi connectivity index (χ3v) is 2.48. The number of rotatable bonds is 5. The Labute approximate surface area is 104 Å². The van der Waals surface area contributed by atoms with Crippen molar-refractivity contribution in [2.75, 3.05) is 5.32 Å². The molecule has 5 N–H and O–H groups in total. The standard InChI is InChI=1S/C12H16N2O4/c1-7-2-3-8(6-10(7)15)14-12(18)9(13)4-5-11(16)17/h2-3,6,9,15H,4-5,13H2,1H3,(H,14,18)(H,16,17). The van der Waals surface area contributed by atoms with Crippen LogP contribution < -0.4 is 11.1 Å². The summed E-state index contributed by atoms with van der Waals surface area (Å²) in [5.41, 5.74) is 6.67. The first-order valence-corrected chi connectivity index (χ1v) is 5.48. The summed E-state index contributed by atoms with van der Waals surface area (Å²) in [7, 11) is 0. The number of carboxylic acid groups (broad SMARTS) is 1. The lowest BCUT2D eigenvalue weighted by Crippen LogP contribution is -2.36. The first-order valence-electron chi connectivity index (χ1n) is 5.48. The maximum Gasteiger partial charge on any atom is 0.303 e. The van der Waals surface area contributed by atoms with Gasteiger partial charge in [0.25, 0.3) is 0 Å². The van der Waals surface area contributed by atoms with E-state index in [0.717, 1.165) is 0 Å². The van der Waals surface area contributed by atoms with Gasteiger partial charge in [0.05, 0.1) is 6.04 Å². The molecule has 0 aliphatic rings. The SMILES string of the molecule is Cc1ccc(NC(=O)C(N)CCC(=O)O)cc1O. The highest BCUT2D eigenvalue weighted by Gasteiger charge is 2.15. The summed E-state index contributed by atoms with van der Waals surface area (Å²) in [5.74, 6) is -1.39. The van der Waals surface area contributed by atoms with Gasteiger partial charge in [0.15, 0.2) is 0 Å². The van der Waals surface area contributed by atoms with Gasteiger partial charge in [-0.1, -0.05) is 6.07 Å². The molecule has 1 aromatic carbocycles. The first kappa shape index (κ1) is 14.0. The van der Waals surface area contributed by atoms with Gasteiger partial charge in [-0.05, 0) is 25.0 Å². The second-order valence-electron chi connectivity index (χ2n) is 4.03. The molecule has 0 bridgehead atoms. The van der Waals surface area contributed by atoms with Crippen molar-refractivity contribution >= 4 is 17.6 Å². The van der Waals surface area contributed by atoms with Crippen LogP contribution in [0.1, 0.15) is 18.4 Å². The number of nitrogens with two attached hydrogens (primary N) is 1. The number of nitrogens with one attached hydrogen (secondary N) is 1. The molecule has 1 amide bonds. The number of hydrogen-bond acceptors (Lipinski definition) is 4. The number of anilines is 1. The van der Waals surface area contributed by atoms with Crippen LogP contribution in [0.25, 0.3) is 0 Å². The number of carbonyl (C=O) groups excluding carboxylic acids is 1. The highest BCUT2D eigenvalue weighted by atomic mass is 16.4. The minimum Gasteiger partial charge on any atom is -0.508 e. The summed E-state index contributed by atoms with van der Waals surface area (Å²) in [6.45, 7) is 1.74. The van der Waals surface area contributed by atoms with E-state index in [0.29, 0.717) is 11.3 Å². The predicted molar refractivity (Wildman–Crippen MR) is 66.3 cm³/mol. The van der Waals surface area contributed by atoms with Gasteiger partial charge in [0.1, 0.15) is 5.75 Å². The van der Waals surface area contributed by atoms with Crippen LogP contribution in [0, 0.1) is 6.92 Å². The Hall–Kier alpha value is -2.08. The average Bonchev–Trinajstić information content (AvgIpc) is 2.30. The van der Waals surface area contributed by atoms with Gasteiger partial charge in [-0.2, -0.15) is 0 Å². The van der Waals surface area contributed by atoms with Crippen LogP contribution in [0.3, 0.4) is 0 Å². The van der Waals surface area contributed by atoms with Crippen LogP contribution in [0.4, 0.5) is 5.69 Å². The lowest BCUT2D eigenvalue weighted by Gasteiger charge is -2.11. The monoisotopic (exact) mass is 252 g/mol. The maximum atomic E-state index is 11.6. The molecule has 0 aliphatic carbocycles. The summed E-state index contributed by atoms with van der Waals surface area (Å²) in [4.78, 5) is 22.0. The van der Waals surface area contributed by atoms with Crippen molar-refractivity contribution in [2.24, 2.45) is 5.73 Å². The molecule has 0 aromatic heterocycles. The predicted octanol–water partition coefficient (Wildman–Crippen LogP) is 0.831. The zero-order chi connectivity index (χ0) is 13.7. The zero-order valence-electron chi connectivity index (χ0n) is 10.0. The molecule has 6 heteroatoms. The highest BCUT2D eigenvalue weighted by molar-refractivity contribution is 5.95. The Morgan fingerprint density at radius 1 is 1.44 bits per heavy atom. The minimum absolute atomic E-state index is 0.0685. The van der Waals surface area contributed by atoms with Gasteiger partial charge in [0.2, 0.25) is 5.91 Å². The Morgan fingerprint density at radius 3 is 2.67 bits per heavy atom. The van der Waals surface area contributed by atoms with Gasteiger partial charge in [-0.15, -0.1) is 0 Å². The Kier molecular flexibility index (Phi) is 4.67. The van der Waals surface area contributed by atoms with Crippen LogP contribution in [-0.4, -0.2) is 28.1 Å². The van der Waals surface area contributed by atoms with E-state index in [4.69, 9.17) is 10.8 Å². The lowest BCUT2D eigenvalue weighted by atomic mass is 10.1. The van der Waals surface area contributed by atoms with E-state index in [-0.39, 0.29) is 18.6 Å². The lowest BCUT2D eigenvalue weighted by molar-refractivity contribution is -0.137. The van der Waals surface area contributed by atoms with Crippen molar-refractivity contribution in [1.29, 1.82) is 0 Å². The van der Waals surface area contributed by atoms with E-state index in [2.05, 4.69) is 5.32 Å². The highest BCUT2D eigenvalue weighted by Crippen LogP contribution is 2.20. The van der Waals surface area contributed by atoms with Gasteiger partial charge in [0, 0.05) is 18.2 Å². The van der Waals surface area contributed by atoms with Crippen molar-refractivity contribution in [3.8, 4) is 5.75 Å². The molecular formula is C12H16N2O4. The van der Waals surface area contributed by atoms with Crippen molar-refractivity contribution in [1.82, 2.24) is 0 Å². The molecule has 6 nitrogen and oxygen atoms in total. The van der Waals surface area contributed by atoms with Crippen LogP contribution in [-0.2, 0) is 9.59 Å². The van der Waals surface area contributed by atoms with Gasteiger partial charge < -0.3 is 21.3 Å². The second kappa shape index (κ2) is 6.02. The van der Waals surface area contributed by atoms with Gasteiger partial charge in [-0.25, -0.2) is 0 Å². The number of aliphatic carboxylic acids is 1. The molecule has 0 spiro atoms. The number of carboxylic acids is 1. The molecule has 98 valence electrons. The molecule has 1 unspecified atom stereocenters. The number of hydrogen-bond donors (Lipinski definition) is 4. The zero-order valence-corrected chi connectivity index (χ0v) is 10.0. The molecule has 18 heavy (non-hydrogen) atoms. The quantitative estimate of drug-likeness (QED) is 0.620. The third kappa shape index (κ3) is 4.06. The fourth-order valence-electron chi connectivity index (χ4n) is 1.33. The molecule has 1 rings (SSSR count). The Bertz CT molecular complexity index is 459. The molecule has 1 aromatic rings. The number of amides is 1. The topological polar surface area (TPSA) is 113 Å². The molecule has 0 radical (unpaired) electrons. The number of phenolic OH excluding ortho intramolecular Hbond substituents is 1. The van der Waals surface area contributed by atoms with Crippen molar-refractivity contribution < 1.29 is 19.8 Å². The molecule has 0 saturated carbocycles. The van der Waals surface area contributed by atoms with E-state index in [9.17, 15) is 14.7 Å². The molecule has 0 saturated heterocycles. The largest absolute Gasteiger partial charge is 0.508 e. The van der Waals surface area contributed by atoms with E-state index in [1.165, 1.54) is 6.07 Å². The van der Waals surface area contributed by atoms with Crippen LogP contribution in [0.2, 0.25) is 0 Å². The van der Waals surface area contributed by atoms with Crippen molar-refractivity contribution in [3.05, 3.63) is 23.8 Å². The fraction of sp³-hybridized carbons (Fsp3) is 0.333. The maximum absolute atomic E-state index is 11.6. The summed E-state index contributed by atoms with van der Waals surface area (Å²) in [6.07, 6.45) is -0.0905. The number of phenols is 1. The molecule has 0 aliphatic heterocycles. The normalized spacial score (nSPS) is 11.9. The second-order valence-corrected chi connectivity index (χ2v) is 4.03. The third-order valence-electron chi connectivity index (χ3n) is 2.48. The summed E-state index contributed by atoms with van der Waals surface area (Å²) in [5, 5.41) is 20.5. The number of benzene rings is 1. The van der Waals surface area contributed by atoms with Crippen molar-refractivity contribution in [3.63, 3.8) is 0 Å². The van der Waals surface area contributed by atoms with Crippen LogP contribution in [0.5, 0.6) is 5.75 Å². The van der Waals surface area contributed by atoms with Gasteiger partial charge >= 0.3 is 5.97 Å². The number of carbonyl (C=O) groups is 2. The van der Waals surface area contributed by atoms with E-state index in [1.807, 2.05) is 0 Å². The number of aryl methyl sites for hydroxylation is 1. The van der Waals surface area contributed by atoms with E-state index in [1.54, 1.807) is 19.1 Å². The smallest absolute Gasteiger partial charge is 0.303 e. The molecular weight excluding hydrogens is 236 g/mol. The Balaban J connectivity index is 2.58. The average molecular weight is 252 g/mol. The van der Waals surface area contributed by atoms with E-state index >= 15 is 0 Å². The van der Waals surface area contributed by atoms with E-state index < -0.39 is 17.9 Å². The fourth-order valence-corrected chi connectivity index (χ4v) is 1.33. The minimum atomic E-state index is -0.994.